The molecule has 0 fully saturated rings. The molecule has 6 nitrogen and oxygen atoms in total. The van der Waals surface area contributed by atoms with Gasteiger partial charge in [0.2, 0.25) is 5.88 Å². The number of ether oxygens (including phenoxy) is 1. The largest absolute Gasteiger partial charge is 0.438 e. The minimum Gasteiger partial charge on any atom is -0.438 e. The number of hydrogen-bond acceptors (Lipinski definition) is 4. The highest BCUT2D eigenvalue weighted by atomic mass is 79.9. The molecule has 0 amide bonds. The number of benzene rings is 1. The van der Waals surface area contributed by atoms with Gasteiger partial charge in [0.1, 0.15) is 5.75 Å². The highest BCUT2D eigenvalue weighted by Crippen LogP contribution is 2.28. The van der Waals surface area contributed by atoms with Gasteiger partial charge in [-0.2, -0.15) is 5.10 Å². The molecule has 0 saturated heterocycles. The zero-order valence-corrected chi connectivity index (χ0v) is 12.0. The first-order chi connectivity index (χ1) is 9.01. The zero-order valence-electron chi connectivity index (χ0n) is 10.5. The Kier molecular flexibility index (Phi) is 3.75. The van der Waals surface area contributed by atoms with Crippen molar-refractivity contribution in [1.82, 2.24) is 9.78 Å². The topological polar surface area (TPSA) is 85.7 Å². The standard InChI is InChI=1S/C12H13BrN4O2/c1-7-5-11(17(2)15-7)19-10-6-8(13)3-4-9(10)12(14)16-18/h3-6,18H,1-2H3,(H2,14,16). The lowest BCUT2D eigenvalue weighted by atomic mass is 10.2. The van der Waals surface area contributed by atoms with Crippen molar-refractivity contribution in [2.24, 2.45) is 17.9 Å². The van der Waals surface area contributed by atoms with E-state index in [1.807, 2.05) is 6.92 Å². The van der Waals surface area contributed by atoms with Crippen molar-refractivity contribution in [1.29, 1.82) is 0 Å². The van der Waals surface area contributed by atoms with Crippen molar-refractivity contribution < 1.29 is 9.94 Å². The van der Waals surface area contributed by atoms with E-state index in [2.05, 4.69) is 26.2 Å². The molecule has 0 bridgehead atoms. The summed E-state index contributed by atoms with van der Waals surface area (Å²) in [7, 11) is 1.78. The van der Waals surface area contributed by atoms with Gasteiger partial charge in [0.25, 0.3) is 0 Å². The van der Waals surface area contributed by atoms with E-state index >= 15 is 0 Å². The Bertz CT molecular complexity index is 637. The molecule has 0 atom stereocenters. The van der Waals surface area contributed by atoms with Crippen LogP contribution >= 0.6 is 15.9 Å². The molecular formula is C12H13BrN4O2. The smallest absolute Gasteiger partial charge is 0.217 e. The second-order valence-electron chi connectivity index (χ2n) is 3.98. The van der Waals surface area contributed by atoms with Crippen LogP contribution in [0, 0.1) is 6.92 Å². The molecular weight excluding hydrogens is 312 g/mol. The van der Waals surface area contributed by atoms with Crippen molar-refractivity contribution in [3.63, 3.8) is 0 Å². The second kappa shape index (κ2) is 5.31. The second-order valence-corrected chi connectivity index (χ2v) is 4.89. The average Bonchev–Trinajstić information content (AvgIpc) is 2.67. The molecule has 0 aliphatic heterocycles. The summed E-state index contributed by atoms with van der Waals surface area (Å²) in [5.41, 5.74) is 6.97. The van der Waals surface area contributed by atoms with Gasteiger partial charge in [-0.15, -0.1) is 0 Å². The normalized spacial score (nSPS) is 11.6. The number of aryl methyl sites for hydroxylation is 2. The van der Waals surface area contributed by atoms with Gasteiger partial charge < -0.3 is 15.7 Å². The Hall–Kier alpha value is -2.02. The van der Waals surface area contributed by atoms with Gasteiger partial charge >= 0.3 is 0 Å². The molecule has 0 radical (unpaired) electrons. The van der Waals surface area contributed by atoms with Gasteiger partial charge in [0.05, 0.1) is 11.3 Å². The summed E-state index contributed by atoms with van der Waals surface area (Å²) >= 11 is 3.36. The molecule has 1 heterocycles. The van der Waals surface area contributed by atoms with E-state index in [4.69, 9.17) is 15.7 Å². The quantitative estimate of drug-likeness (QED) is 0.393. The summed E-state index contributed by atoms with van der Waals surface area (Å²) < 4.78 is 8.21. The lowest BCUT2D eigenvalue weighted by molar-refractivity contribution is 0.318. The first-order valence-electron chi connectivity index (χ1n) is 5.47. The summed E-state index contributed by atoms with van der Waals surface area (Å²) in [5, 5.41) is 16.0. The van der Waals surface area contributed by atoms with Crippen LogP contribution in [0.15, 0.2) is 33.9 Å². The molecule has 19 heavy (non-hydrogen) atoms. The van der Waals surface area contributed by atoms with E-state index in [-0.39, 0.29) is 5.84 Å². The van der Waals surface area contributed by atoms with Crippen LogP contribution in [0.3, 0.4) is 0 Å². The van der Waals surface area contributed by atoms with E-state index < -0.39 is 0 Å². The Morgan fingerprint density at radius 1 is 1.47 bits per heavy atom. The number of nitrogens with zero attached hydrogens (tertiary/aromatic N) is 3. The van der Waals surface area contributed by atoms with Crippen molar-refractivity contribution in [2.75, 3.05) is 0 Å². The first kappa shape index (κ1) is 13.4. The third kappa shape index (κ3) is 2.87. The molecule has 0 aliphatic carbocycles. The number of aromatic nitrogens is 2. The van der Waals surface area contributed by atoms with Crippen molar-refractivity contribution in [3.8, 4) is 11.6 Å². The molecule has 2 rings (SSSR count). The predicted octanol–water partition coefficient (Wildman–Crippen LogP) is 2.38. The molecule has 0 unspecified atom stereocenters. The Morgan fingerprint density at radius 3 is 2.79 bits per heavy atom. The van der Waals surface area contributed by atoms with E-state index in [0.29, 0.717) is 17.2 Å². The third-order valence-corrected chi connectivity index (χ3v) is 2.99. The van der Waals surface area contributed by atoms with Gasteiger partial charge in [0, 0.05) is 17.6 Å². The van der Waals surface area contributed by atoms with E-state index in [9.17, 15) is 0 Å². The number of nitrogens with two attached hydrogens (primary N) is 1. The van der Waals surface area contributed by atoms with Gasteiger partial charge in [0.15, 0.2) is 5.84 Å². The summed E-state index contributed by atoms with van der Waals surface area (Å²) in [6, 6.07) is 7.04. The average molecular weight is 325 g/mol. The summed E-state index contributed by atoms with van der Waals surface area (Å²) in [5.74, 6) is 1.04. The Morgan fingerprint density at radius 2 is 2.21 bits per heavy atom. The van der Waals surface area contributed by atoms with Crippen LogP contribution in [0.4, 0.5) is 0 Å². The van der Waals surface area contributed by atoms with E-state index in [1.165, 1.54) is 0 Å². The number of amidine groups is 1. The van der Waals surface area contributed by atoms with Crippen molar-refractivity contribution in [2.45, 2.75) is 6.92 Å². The minimum absolute atomic E-state index is 0.0126. The molecule has 0 aliphatic rings. The number of rotatable bonds is 3. The molecule has 3 N–H and O–H groups in total. The molecule has 2 aromatic rings. The Labute approximate surface area is 118 Å². The van der Waals surface area contributed by atoms with Gasteiger partial charge in [-0.3, -0.25) is 0 Å². The summed E-state index contributed by atoms with van der Waals surface area (Å²) in [6.45, 7) is 1.87. The fraction of sp³-hybridized carbons (Fsp3) is 0.167. The SMILES string of the molecule is Cc1cc(Oc2cc(Br)ccc2/C(N)=N/O)n(C)n1. The van der Waals surface area contributed by atoms with E-state index in [1.54, 1.807) is 36.0 Å². The number of oxime groups is 1. The van der Waals surface area contributed by atoms with Crippen LogP contribution in [0.5, 0.6) is 11.6 Å². The fourth-order valence-corrected chi connectivity index (χ4v) is 1.98. The van der Waals surface area contributed by atoms with Crippen LogP contribution in [0.25, 0.3) is 0 Å². The molecule has 100 valence electrons. The van der Waals surface area contributed by atoms with Crippen molar-refractivity contribution >= 4 is 21.8 Å². The van der Waals surface area contributed by atoms with Gasteiger partial charge in [-0.1, -0.05) is 21.1 Å². The Balaban J connectivity index is 2.44. The third-order valence-electron chi connectivity index (χ3n) is 2.50. The summed E-state index contributed by atoms with van der Waals surface area (Å²) in [6.07, 6.45) is 0. The number of hydrogen-bond donors (Lipinski definition) is 2. The van der Waals surface area contributed by atoms with Gasteiger partial charge in [-0.05, 0) is 25.1 Å². The zero-order chi connectivity index (χ0) is 14.0. The predicted molar refractivity (Wildman–Crippen MR) is 74.7 cm³/mol. The van der Waals surface area contributed by atoms with Crippen LogP contribution in [0.2, 0.25) is 0 Å². The lowest BCUT2D eigenvalue weighted by Crippen LogP contribution is -2.14. The fourth-order valence-electron chi connectivity index (χ4n) is 1.64. The molecule has 1 aromatic heterocycles. The molecule has 7 heteroatoms. The number of halogens is 1. The highest BCUT2D eigenvalue weighted by Gasteiger charge is 2.12. The van der Waals surface area contributed by atoms with Crippen LogP contribution in [0.1, 0.15) is 11.3 Å². The van der Waals surface area contributed by atoms with Crippen LogP contribution in [-0.4, -0.2) is 20.8 Å². The van der Waals surface area contributed by atoms with Crippen LogP contribution in [-0.2, 0) is 7.05 Å². The highest BCUT2D eigenvalue weighted by molar-refractivity contribution is 9.10. The minimum atomic E-state index is -0.0126. The maximum atomic E-state index is 8.78. The van der Waals surface area contributed by atoms with Gasteiger partial charge in [-0.25, -0.2) is 4.68 Å². The van der Waals surface area contributed by atoms with E-state index in [0.717, 1.165) is 10.2 Å². The summed E-state index contributed by atoms with van der Waals surface area (Å²) in [4.78, 5) is 0. The maximum Gasteiger partial charge on any atom is 0.217 e. The van der Waals surface area contributed by atoms with Crippen LogP contribution < -0.4 is 10.5 Å². The maximum absolute atomic E-state index is 8.78. The lowest BCUT2D eigenvalue weighted by Gasteiger charge is -2.10. The van der Waals surface area contributed by atoms with Crippen molar-refractivity contribution in [3.05, 3.63) is 40.0 Å². The molecule has 1 aromatic carbocycles. The monoisotopic (exact) mass is 324 g/mol. The molecule has 0 spiro atoms. The first-order valence-corrected chi connectivity index (χ1v) is 6.26. The molecule has 0 saturated carbocycles.